The van der Waals surface area contributed by atoms with Gasteiger partial charge in [0.15, 0.2) is 5.82 Å². The van der Waals surface area contributed by atoms with Crippen LogP contribution in [-0.2, 0) is 17.1 Å². The maximum absolute atomic E-state index is 12.2. The second-order valence-electron chi connectivity index (χ2n) is 4.46. The molecule has 0 unspecified atom stereocenters. The van der Waals surface area contributed by atoms with Crippen molar-refractivity contribution in [1.29, 1.82) is 0 Å². The monoisotopic (exact) mass is 280 g/mol. The SMILES string of the molecule is Cc1ccc(NS(=O)(=O)c2cn(C)nc2N)cc1C. The molecule has 3 N–H and O–H groups in total. The third kappa shape index (κ3) is 2.70. The Morgan fingerprint density at radius 2 is 1.95 bits per heavy atom. The maximum Gasteiger partial charge on any atom is 0.267 e. The molecule has 1 aromatic heterocycles. The summed E-state index contributed by atoms with van der Waals surface area (Å²) in [4.78, 5) is -0.0202. The summed E-state index contributed by atoms with van der Waals surface area (Å²) < 4.78 is 28.2. The van der Waals surface area contributed by atoms with E-state index in [1.54, 1.807) is 19.2 Å². The van der Waals surface area contributed by atoms with E-state index in [1.807, 2.05) is 19.9 Å². The summed E-state index contributed by atoms with van der Waals surface area (Å²) in [6, 6.07) is 5.35. The Kier molecular flexibility index (Phi) is 3.23. The van der Waals surface area contributed by atoms with Crippen molar-refractivity contribution < 1.29 is 8.42 Å². The molecular weight excluding hydrogens is 264 g/mol. The minimum Gasteiger partial charge on any atom is -0.381 e. The molecule has 6 nitrogen and oxygen atoms in total. The lowest BCUT2D eigenvalue weighted by molar-refractivity contribution is 0.601. The zero-order valence-electron chi connectivity index (χ0n) is 11.0. The number of nitrogen functional groups attached to an aromatic ring is 1. The predicted molar refractivity (Wildman–Crippen MR) is 74.3 cm³/mol. The van der Waals surface area contributed by atoms with E-state index in [9.17, 15) is 8.42 Å². The number of nitrogens with one attached hydrogen (secondary N) is 1. The number of hydrogen-bond donors (Lipinski definition) is 2. The van der Waals surface area contributed by atoms with Crippen LogP contribution in [0.5, 0.6) is 0 Å². The van der Waals surface area contributed by atoms with Crippen molar-refractivity contribution in [2.24, 2.45) is 7.05 Å². The first-order valence-corrected chi connectivity index (χ1v) is 7.17. The van der Waals surface area contributed by atoms with Crippen molar-refractivity contribution in [2.45, 2.75) is 18.7 Å². The largest absolute Gasteiger partial charge is 0.381 e. The predicted octanol–water partition coefficient (Wildman–Crippen LogP) is 1.42. The fraction of sp³-hybridized carbons (Fsp3) is 0.250. The first kappa shape index (κ1) is 13.4. The Bertz CT molecular complexity index is 719. The zero-order chi connectivity index (χ0) is 14.2. The van der Waals surface area contributed by atoms with Crippen LogP contribution in [0.3, 0.4) is 0 Å². The van der Waals surface area contributed by atoms with E-state index in [4.69, 9.17) is 5.73 Å². The summed E-state index contributed by atoms with van der Waals surface area (Å²) in [5, 5.41) is 3.83. The fourth-order valence-corrected chi connectivity index (χ4v) is 2.86. The first-order chi connectivity index (χ1) is 8.79. The molecule has 0 aliphatic rings. The zero-order valence-corrected chi connectivity index (χ0v) is 11.8. The number of sulfonamides is 1. The molecule has 0 saturated carbocycles. The van der Waals surface area contributed by atoms with Crippen LogP contribution in [0.15, 0.2) is 29.3 Å². The van der Waals surface area contributed by atoms with Crippen molar-refractivity contribution in [3.05, 3.63) is 35.5 Å². The van der Waals surface area contributed by atoms with Crippen LogP contribution >= 0.6 is 0 Å². The van der Waals surface area contributed by atoms with Crippen LogP contribution in [0, 0.1) is 13.8 Å². The van der Waals surface area contributed by atoms with Gasteiger partial charge in [0, 0.05) is 18.9 Å². The Hall–Kier alpha value is -2.02. The van der Waals surface area contributed by atoms with Crippen molar-refractivity contribution in [1.82, 2.24) is 9.78 Å². The van der Waals surface area contributed by atoms with E-state index in [-0.39, 0.29) is 10.7 Å². The molecule has 2 rings (SSSR count). The quantitative estimate of drug-likeness (QED) is 0.889. The molecule has 0 amide bonds. The molecular formula is C12H16N4O2S. The normalized spacial score (nSPS) is 11.5. The highest BCUT2D eigenvalue weighted by molar-refractivity contribution is 7.92. The number of nitrogens with zero attached hydrogens (tertiary/aromatic N) is 2. The molecule has 0 aliphatic carbocycles. The summed E-state index contributed by atoms with van der Waals surface area (Å²) in [7, 11) is -2.09. The lowest BCUT2D eigenvalue weighted by atomic mass is 10.1. The fourth-order valence-electron chi connectivity index (χ4n) is 1.71. The Morgan fingerprint density at radius 1 is 1.26 bits per heavy atom. The first-order valence-electron chi connectivity index (χ1n) is 5.69. The maximum atomic E-state index is 12.2. The van der Waals surface area contributed by atoms with Gasteiger partial charge in [-0.25, -0.2) is 8.42 Å². The van der Waals surface area contributed by atoms with Crippen LogP contribution in [0.1, 0.15) is 11.1 Å². The third-order valence-electron chi connectivity index (χ3n) is 2.87. The summed E-state index contributed by atoms with van der Waals surface area (Å²) in [5.74, 6) is -0.0150. The van der Waals surface area contributed by atoms with Crippen molar-refractivity contribution >= 4 is 21.5 Å². The number of benzene rings is 1. The standard InChI is InChI=1S/C12H16N4O2S/c1-8-4-5-10(6-9(8)2)15-19(17,18)11-7-16(3)14-12(11)13/h4-7,15H,1-3H3,(H2,13,14). The molecule has 1 heterocycles. The van der Waals surface area contributed by atoms with E-state index >= 15 is 0 Å². The summed E-state index contributed by atoms with van der Waals surface area (Å²) in [5.41, 5.74) is 8.20. The Morgan fingerprint density at radius 3 is 2.47 bits per heavy atom. The topological polar surface area (TPSA) is 90.0 Å². The molecule has 0 radical (unpaired) electrons. The molecule has 0 atom stereocenters. The van der Waals surface area contributed by atoms with Crippen LogP contribution < -0.4 is 10.5 Å². The molecule has 19 heavy (non-hydrogen) atoms. The number of nitrogens with two attached hydrogens (primary N) is 1. The van der Waals surface area contributed by atoms with Gasteiger partial charge < -0.3 is 5.73 Å². The Labute approximate surface area is 112 Å². The molecule has 0 aliphatic heterocycles. The van der Waals surface area contributed by atoms with E-state index < -0.39 is 10.0 Å². The average molecular weight is 280 g/mol. The van der Waals surface area contributed by atoms with Gasteiger partial charge in [-0.2, -0.15) is 5.10 Å². The highest BCUT2D eigenvalue weighted by Gasteiger charge is 2.20. The second kappa shape index (κ2) is 4.58. The second-order valence-corrected chi connectivity index (χ2v) is 6.11. The van der Waals surface area contributed by atoms with Gasteiger partial charge in [-0.3, -0.25) is 9.40 Å². The third-order valence-corrected chi connectivity index (χ3v) is 4.27. The highest BCUT2D eigenvalue weighted by atomic mass is 32.2. The van der Waals surface area contributed by atoms with Crippen LogP contribution in [0.2, 0.25) is 0 Å². The van der Waals surface area contributed by atoms with Gasteiger partial charge >= 0.3 is 0 Å². The molecule has 0 spiro atoms. The minimum atomic E-state index is -3.71. The van der Waals surface area contributed by atoms with Gasteiger partial charge in [-0.1, -0.05) is 6.07 Å². The minimum absolute atomic E-state index is 0.0150. The van der Waals surface area contributed by atoms with E-state index in [1.165, 1.54) is 10.9 Å². The van der Waals surface area contributed by atoms with Crippen molar-refractivity contribution in [3.8, 4) is 0 Å². The molecule has 102 valence electrons. The van der Waals surface area contributed by atoms with E-state index in [0.29, 0.717) is 5.69 Å². The summed E-state index contributed by atoms with van der Waals surface area (Å²) in [6.45, 7) is 3.89. The molecule has 0 fully saturated rings. The van der Waals surface area contributed by atoms with Crippen LogP contribution in [-0.4, -0.2) is 18.2 Å². The molecule has 7 heteroatoms. The van der Waals surface area contributed by atoms with Crippen molar-refractivity contribution in [3.63, 3.8) is 0 Å². The summed E-state index contributed by atoms with van der Waals surface area (Å²) >= 11 is 0. The van der Waals surface area contributed by atoms with E-state index in [2.05, 4.69) is 9.82 Å². The number of aromatic nitrogens is 2. The lowest BCUT2D eigenvalue weighted by Gasteiger charge is -2.08. The molecule has 0 bridgehead atoms. The average Bonchev–Trinajstić information content (AvgIpc) is 2.63. The number of rotatable bonds is 3. The molecule has 0 saturated heterocycles. The lowest BCUT2D eigenvalue weighted by Crippen LogP contribution is -2.14. The number of hydrogen-bond acceptors (Lipinski definition) is 4. The number of aryl methyl sites for hydroxylation is 3. The van der Waals surface area contributed by atoms with Gasteiger partial charge in [0.05, 0.1) is 0 Å². The Balaban J connectivity index is 2.36. The van der Waals surface area contributed by atoms with Crippen LogP contribution in [0.25, 0.3) is 0 Å². The highest BCUT2D eigenvalue weighted by Crippen LogP contribution is 2.21. The molecule has 1 aromatic carbocycles. The van der Waals surface area contributed by atoms with Gasteiger partial charge in [-0.15, -0.1) is 0 Å². The van der Waals surface area contributed by atoms with Gasteiger partial charge in [0.1, 0.15) is 4.90 Å². The molecule has 2 aromatic rings. The smallest absolute Gasteiger partial charge is 0.267 e. The van der Waals surface area contributed by atoms with E-state index in [0.717, 1.165) is 11.1 Å². The van der Waals surface area contributed by atoms with Crippen LogP contribution in [0.4, 0.5) is 11.5 Å². The van der Waals surface area contributed by atoms with Gasteiger partial charge in [0.25, 0.3) is 10.0 Å². The summed E-state index contributed by atoms with van der Waals surface area (Å²) in [6.07, 6.45) is 1.37. The van der Waals surface area contributed by atoms with Gasteiger partial charge in [-0.05, 0) is 37.1 Å². The van der Waals surface area contributed by atoms with Crippen molar-refractivity contribution in [2.75, 3.05) is 10.5 Å². The van der Waals surface area contributed by atoms with Gasteiger partial charge in [0.2, 0.25) is 0 Å². The number of anilines is 2.